The van der Waals surface area contributed by atoms with Crippen molar-refractivity contribution >= 4 is 29.2 Å². The summed E-state index contributed by atoms with van der Waals surface area (Å²) in [6, 6.07) is 12.9. The third kappa shape index (κ3) is 4.38. The standard InChI is InChI=1S/C16H14Cl2O3/c1-20-15(19)8-12-7-13(17)9-14(18)16(12)21-10-11-5-3-2-4-6-11/h2-7,9H,8,10H2,1H3. The molecular weight excluding hydrogens is 311 g/mol. The predicted molar refractivity (Wildman–Crippen MR) is 83.0 cm³/mol. The van der Waals surface area contributed by atoms with Crippen LogP contribution in [0.4, 0.5) is 0 Å². The van der Waals surface area contributed by atoms with Crippen LogP contribution in [0.2, 0.25) is 10.0 Å². The molecule has 0 fully saturated rings. The van der Waals surface area contributed by atoms with Gasteiger partial charge >= 0.3 is 5.97 Å². The molecule has 2 rings (SSSR count). The molecule has 2 aromatic carbocycles. The van der Waals surface area contributed by atoms with Crippen LogP contribution in [-0.4, -0.2) is 13.1 Å². The predicted octanol–water partition coefficient (Wildman–Crippen LogP) is 4.29. The van der Waals surface area contributed by atoms with Gasteiger partial charge in [-0.05, 0) is 17.7 Å². The van der Waals surface area contributed by atoms with E-state index in [1.165, 1.54) is 7.11 Å². The quantitative estimate of drug-likeness (QED) is 0.770. The van der Waals surface area contributed by atoms with Crippen molar-refractivity contribution in [2.45, 2.75) is 13.0 Å². The average molecular weight is 325 g/mol. The van der Waals surface area contributed by atoms with Gasteiger partial charge in [-0.3, -0.25) is 4.79 Å². The van der Waals surface area contributed by atoms with Crippen LogP contribution in [-0.2, 0) is 22.6 Å². The van der Waals surface area contributed by atoms with Gasteiger partial charge in [-0.1, -0.05) is 53.5 Å². The molecule has 0 saturated carbocycles. The highest BCUT2D eigenvalue weighted by Gasteiger charge is 2.14. The van der Waals surface area contributed by atoms with E-state index in [2.05, 4.69) is 4.74 Å². The van der Waals surface area contributed by atoms with Crippen LogP contribution < -0.4 is 4.74 Å². The van der Waals surface area contributed by atoms with Crippen LogP contribution in [0.5, 0.6) is 5.75 Å². The number of carbonyl (C=O) groups excluding carboxylic acids is 1. The van der Waals surface area contributed by atoms with Crippen molar-refractivity contribution in [3.63, 3.8) is 0 Å². The van der Waals surface area contributed by atoms with Crippen molar-refractivity contribution in [2.24, 2.45) is 0 Å². The van der Waals surface area contributed by atoms with Crippen molar-refractivity contribution in [3.8, 4) is 5.75 Å². The lowest BCUT2D eigenvalue weighted by molar-refractivity contribution is -0.139. The minimum atomic E-state index is -0.377. The Balaban J connectivity index is 2.22. The van der Waals surface area contributed by atoms with E-state index in [0.29, 0.717) is 28.0 Å². The van der Waals surface area contributed by atoms with E-state index in [4.69, 9.17) is 27.9 Å². The number of hydrogen-bond donors (Lipinski definition) is 0. The van der Waals surface area contributed by atoms with Crippen LogP contribution in [0.25, 0.3) is 0 Å². The Morgan fingerprint density at radius 3 is 2.52 bits per heavy atom. The Kier molecular flexibility index (Phi) is 5.48. The Bertz CT molecular complexity index is 627. The molecule has 110 valence electrons. The van der Waals surface area contributed by atoms with Crippen molar-refractivity contribution in [2.75, 3.05) is 7.11 Å². The largest absolute Gasteiger partial charge is 0.487 e. The first-order valence-electron chi connectivity index (χ1n) is 6.31. The second kappa shape index (κ2) is 7.34. The number of carbonyl (C=O) groups is 1. The number of halogens is 2. The first-order chi connectivity index (χ1) is 10.1. The fourth-order valence-electron chi connectivity index (χ4n) is 1.86. The number of benzene rings is 2. The number of rotatable bonds is 5. The Hall–Kier alpha value is -1.71. The molecule has 2 aromatic rings. The Morgan fingerprint density at radius 1 is 1.14 bits per heavy atom. The molecule has 0 unspecified atom stereocenters. The van der Waals surface area contributed by atoms with Gasteiger partial charge < -0.3 is 9.47 Å². The molecule has 21 heavy (non-hydrogen) atoms. The smallest absolute Gasteiger partial charge is 0.310 e. The van der Waals surface area contributed by atoms with E-state index >= 15 is 0 Å². The molecule has 0 amide bonds. The molecule has 0 spiro atoms. The summed E-state index contributed by atoms with van der Waals surface area (Å²) in [7, 11) is 1.33. The van der Waals surface area contributed by atoms with E-state index < -0.39 is 0 Å². The monoisotopic (exact) mass is 324 g/mol. The molecule has 0 heterocycles. The molecule has 5 heteroatoms. The summed E-state index contributed by atoms with van der Waals surface area (Å²) < 4.78 is 10.4. The maximum atomic E-state index is 11.5. The maximum absolute atomic E-state index is 11.5. The van der Waals surface area contributed by atoms with Crippen LogP contribution in [0.3, 0.4) is 0 Å². The molecule has 0 radical (unpaired) electrons. The van der Waals surface area contributed by atoms with Gasteiger partial charge in [0.05, 0.1) is 18.6 Å². The van der Waals surface area contributed by atoms with E-state index in [0.717, 1.165) is 5.56 Å². The summed E-state index contributed by atoms with van der Waals surface area (Å²) >= 11 is 12.1. The Labute approximate surface area is 133 Å². The van der Waals surface area contributed by atoms with E-state index in [1.54, 1.807) is 12.1 Å². The minimum absolute atomic E-state index is 0.0565. The summed E-state index contributed by atoms with van der Waals surface area (Å²) in [4.78, 5) is 11.5. The van der Waals surface area contributed by atoms with E-state index in [-0.39, 0.29) is 12.4 Å². The maximum Gasteiger partial charge on any atom is 0.310 e. The molecule has 0 aliphatic carbocycles. The van der Waals surface area contributed by atoms with E-state index in [9.17, 15) is 4.79 Å². The van der Waals surface area contributed by atoms with Gasteiger partial charge in [0.25, 0.3) is 0 Å². The normalized spacial score (nSPS) is 10.2. The third-order valence-electron chi connectivity index (χ3n) is 2.87. The van der Waals surface area contributed by atoms with Crippen molar-refractivity contribution in [1.29, 1.82) is 0 Å². The first-order valence-corrected chi connectivity index (χ1v) is 7.07. The minimum Gasteiger partial charge on any atom is -0.487 e. The summed E-state index contributed by atoms with van der Waals surface area (Å²) in [5, 5.41) is 0.822. The molecule has 3 nitrogen and oxygen atoms in total. The van der Waals surface area contributed by atoms with Crippen LogP contribution in [0.15, 0.2) is 42.5 Å². The molecule has 0 aliphatic rings. The lowest BCUT2D eigenvalue weighted by Crippen LogP contribution is -2.07. The topological polar surface area (TPSA) is 35.5 Å². The third-order valence-corrected chi connectivity index (χ3v) is 3.37. The highest BCUT2D eigenvalue weighted by Crippen LogP contribution is 2.33. The van der Waals surface area contributed by atoms with Crippen LogP contribution in [0, 0.1) is 0 Å². The highest BCUT2D eigenvalue weighted by molar-refractivity contribution is 6.35. The average Bonchev–Trinajstić information content (AvgIpc) is 2.47. The second-order valence-electron chi connectivity index (χ2n) is 4.40. The van der Waals surface area contributed by atoms with Crippen LogP contribution >= 0.6 is 23.2 Å². The molecule has 0 atom stereocenters. The van der Waals surface area contributed by atoms with Gasteiger partial charge in [0, 0.05) is 10.6 Å². The molecule has 0 aromatic heterocycles. The summed E-state index contributed by atoms with van der Waals surface area (Å²) in [6.07, 6.45) is 0.0565. The number of ether oxygens (including phenoxy) is 2. The SMILES string of the molecule is COC(=O)Cc1cc(Cl)cc(Cl)c1OCc1ccccc1. The van der Waals surface area contributed by atoms with Crippen molar-refractivity contribution < 1.29 is 14.3 Å². The highest BCUT2D eigenvalue weighted by atomic mass is 35.5. The molecular formula is C16H14Cl2O3. The first kappa shape index (κ1) is 15.7. The van der Waals surface area contributed by atoms with Gasteiger partial charge in [-0.2, -0.15) is 0 Å². The second-order valence-corrected chi connectivity index (χ2v) is 5.25. The molecule has 0 aliphatic heterocycles. The zero-order valence-electron chi connectivity index (χ0n) is 11.4. The number of esters is 1. The van der Waals surface area contributed by atoms with Gasteiger partial charge in [0.1, 0.15) is 12.4 Å². The van der Waals surface area contributed by atoms with Gasteiger partial charge in [0.15, 0.2) is 0 Å². The molecule has 0 N–H and O–H groups in total. The van der Waals surface area contributed by atoms with Crippen LogP contribution in [0.1, 0.15) is 11.1 Å². The van der Waals surface area contributed by atoms with Crippen molar-refractivity contribution in [1.82, 2.24) is 0 Å². The van der Waals surface area contributed by atoms with E-state index in [1.807, 2.05) is 30.3 Å². The fraction of sp³-hybridized carbons (Fsp3) is 0.188. The van der Waals surface area contributed by atoms with Crippen molar-refractivity contribution in [3.05, 3.63) is 63.6 Å². The zero-order valence-corrected chi connectivity index (χ0v) is 12.9. The summed E-state index contributed by atoms with van der Waals surface area (Å²) in [6.45, 7) is 0.358. The lowest BCUT2D eigenvalue weighted by Gasteiger charge is -2.13. The molecule has 0 bridgehead atoms. The summed E-state index contributed by atoms with van der Waals surface area (Å²) in [5.74, 6) is 0.0771. The lowest BCUT2D eigenvalue weighted by atomic mass is 10.1. The molecule has 0 saturated heterocycles. The zero-order chi connectivity index (χ0) is 15.2. The van der Waals surface area contributed by atoms with Gasteiger partial charge in [-0.25, -0.2) is 0 Å². The number of methoxy groups -OCH3 is 1. The fourth-order valence-corrected chi connectivity index (χ4v) is 2.45. The van der Waals surface area contributed by atoms with Gasteiger partial charge in [0.2, 0.25) is 0 Å². The Morgan fingerprint density at radius 2 is 1.86 bits per heavy atom. The van der Waals surface area contributed by atoms with Gasteiger partial charge in [-0.15, -0.1) is 0 Å². The number of hydrogen-bond acceptors (Lipinski definition) is 3. The summed E-state index contributed by atoms with van der Waals surface area (Å²) in [5.41, 5.74) is 1.61.